The van der Waals surface area contributed by atoms with E-state index in [0.29, 0.717) is 21.7 Å². The van der Waals surface area contributed by atoms with Crippen molar-refractivity contribution in [1.29, 1.82) is 5.26 Å². The predicted molar refractivity (Wildman–Crippen MR) is 116 cm³/mol. The Hall–Kier alpha value is -4.55. The standard InChI is InChI=1S/C22H12ClN3O6/c23-18-5-2-4-15(9-18)17(13-24)7-14-3-1-6-21(8-14)32-22(27)16-10-19(25(28)29)12-20(11-16)26(30)31/h1-12H/b17-7-. The summed E-state index contributed by atoms with van der Waals surface area (Å²) in [6.45, 7) is 0. The number of halogens is 1. The van der Waals surface area contributed by atoms with E-state index >= 15 is 0 Å². The van der Waals surface area contributed by atoms with E-state index in [1.54, 1.807) is 42.5 Å². The summed E-state index contributed by atoms with van der Waals surface area (Å²) >= 11 is 5.97. The Morgan fingerprint density at radius 1 is 0.938 bits per heavy atom. The van der Waals surface area contributed by atoms with Gasteiger partial charge in [-0.1, -0.05) is 35.9 Å². The molecular formula is C22H12ClN3O6. The molecule has 0 aliphatic rings. The third-order valence-corrected chi connectivity index (χ3v) is 4.43. The van der Waals surface area contributed by atoms with Crippen LogP contribution in [0.5, 0.6) is 5.75 Å². The number of nitro benzene ring substituents is 2. The molecular weight excluding hydrogens is 438 g/mol. The third kappa shape index (κ3) is 5.33. The molecule has 0 spiro atoms. The van der Waals surface area contributed by atoms with Gasteiger partial charge in [0.05, 0.1) is 33.1 Å². The van der Waals surface area contributed by atoms with Gasteiger partial charge in [-0.15, -0.1) is 0 Å². The first-order chi connectivity index (χ1) is 15.3. The van der Waals surface area contributed by atoms with Crippen LogP contribution in [-0.4, -0.2) is 15.8 Å². The number of carbonyl (C=O) groups excluding carboxylic acids is 1. The normalized spacial score (nSPS) is 10.8. The molecule has 3 rings (SSSR count). The average molecular weight is 450 g/mol. The summed E-state index contributed by atoms with van der Waals surface area (Å²) in [5.74, 6) is -0.922. The van der Waals surface area contributed by atoms with Gasteiger partial charge in [-0.3, -0.25) is 20.2 Å². The van der Waals surface area contributed by atoms with Crippen LogP contribution in [0.25, 0.3) is 11.6 Å². The fraction of sp³-hybridized carbons (Fsp3) is 0. The fourth-order valence-electron chi connectivity index (χ4n) is 2.76. The van der Waals surface area contributed by atoms with Gasteiger partial charge in [0, 0.05) is 17.2 Å². The second-order valence-electron chi connectivity index (χ2n) is 6.39. The molecule has 0 atom stereocenters. The number of carbonyl (C=O) groups is 1. The number of hydrogen-bond donors (Lipinski definition) is 0. The van der Waals surface area contributed by atoms with E-state index in [2.05, 4.69) is 6.07 Å². The second-order valence-corrected chi connectivity index (χ2v) is 6.83. The molecule has 3 aromatic rings. The van der Waals surface area contributed by atoms with Crippen LogP contribution in [0.15, 0.2) is 66.7 Å². The first-order valence-corrected chi connectivity index (χ1v) is 9.28. The van der Waals surface area contributed by atoms with E-state index in [4.69, 9.17) is 16.3 Å². The zero-order chi connectivity index (χ0) is 23.3. The van der Waals surface area contributed by atoms with Crippen LogP contribution in [0.4, 0.5) is 11.4 Å². The van der Waals surface area contributed by atoms with Gasteiger partial charge in [0.2, 0.25) is 0 Å². The van der Waals surface area contributed by atoms with Crippen molar-refractivity contribution in [2.24, 2.45) is 0 Å². The Balaban J connectivity index is 1.89. The minimum atomic E-state index is -1.01. The number of nitrogens with zero attached hydrogens (tertiary/aromatic N) is 3. The lowest BCUT2D eigenvalue weighted by Gasteiger charge is -2.06. The Morgan fingerprint density at radius 3 is 2.19 bits per heavy atom. The number of benzene rings is 3. The van der Waals surface area contributed by atoms with Crippen molar-refractivity contribution in [3.05, 3.63) is 109 Å². The minimum absolute atomic E-state index is 0.0845. The number of allylic oxidation sites excluding steroid dienone is 1. The molecule has 0 amide bonds. The third-order valence-electron chi connectivity index (χ3n) is 4.20. The van der Waals surface area contributed by atoms with E-state index in [0.717, 1.165) is 18.2 Å². The van der Waals surface area contributed by atoms with Gasteiger partial charge in [-0.25, -0.2) is 4.79 Å². The van der Waals surface area contributed by atoms with E-state index < -0.39 is 27.2 Å². The quantitative estimate of drug-likeness (QED) is 0.122. The van der Waals surface area contributed by atoms with Crippen LogP contribution >= 0.6 is 11.6 Å². The maximum absolute atomic E-state index is 12.5. The van der Waals surface area contributed by atoms with Crippen molar-refractivity contribution >= 4 is 40.6 Å². The molecule has 10 heteroatoms. The lowest BCUT2D eigenvalue weighted by molar-refractivity contribution is -0.394. The maximum atomic E-state index is 12.5. The number of rotatable bonds is 6. The second kappa shape index (κ2) is 9.51. The summed E-state index contributed by atoms with van der Waals surface area (Å²) in [6.07, 6.45) is 1.57. The molecule has 0 aromatic heterocycles. The Kier molecular flexibility index (Phi) is 6.58. The molecule has 0 saturated heterocycles. The van der Waals surface area contributed by atoms with Gasteiger partial charge < -0.3 is 4.74 Å². The van der Waals surface area contributed by atoms with E-state index in [-0.39, 0.29) is 11.3 Å². The summed E-state index contributed by atoms with van der Waals surface area (Å²) in [4.78, 5) is 32.8. The van der Waals surface area contributed by atoms with Crippen LogP contribution in [-0.2, 0) is 0 Å². The molecule has 0 unspecified atom stereocenters. The minimum Gasteiger partial charge on any atom is -0.423 e. The van der Waals surface area contributed by atoms with Crippen molar-refractivity contribution in [3.8, 4) is 11.8 Å². The molecule has 0 aliphatic heterocycles. The van der Waals surface area contributed by atoms with Crippen LogP contribution in [0.2, 0.25) is 5.02 Å². The van der Waals surface area contributed by atoms with Crippen LogP contribution in [0.1, 0.15) is 21.5 Å². The van der Waals surface area contributed by atoms with Gasteiger partial charge in [0.25, 0.3) is 11.4 Å². The maximum Gasteiger partial charge on any atom is 0.344 e. The Morgan fingerprint density at radius 2 is 1.59 bits per heavy atom. The summed E-state index contributed by atoms with van der Waals surface area (Å²) in [5.41, 5.74) is -0.0945. The topological polar surface area (TPSA) is 136 Å². The van der Waals surface area contributed by atoms with Crippen LogP contribution < -0.4 is 4.74 Å². The van der Waals surface area contributed by atoms with Crippen LogP contribution in [0, 0.1) is 31.6 Å². The SMILES string of the molecule is N#C/C(=C/c1cccc(OC(=O)c2cc([N+](=O)[O-])cc([N+](=O)[O-])c2)c1)c1cccc(Cl)c1. The van der Waals surface area contributed by atoms with E-state index in [1.165, 1.54) is 12.1 Å². The number of nitriles is 1. The smallest absolute Gasteiger partial charge is 0.344 e. The number of esters is 1. The average Bonchev–Trinajstić information content (AvgIpc) is 2.77. The van der Waals surface area contributed by atoms with Crippen molar-refractivity contribution in [3.63, 3.8) is 0 Å². The number of ether oxygens (including phenoxy) is 1. The molecule has 9 nitrogen and oxygen atoms in total. The number of non-ortho nitro benzene ring substituents is 2. The van der Waals surface area contributed by atoms with Crippen molar-refractivity contribution in [1.82, 2.24) is 0 Å². The number of hydrogen-bond acceptors (Lipinski definition) is 7. The zero-order valence-corrected chi connectivity index (χ0v) is 16.9. The highest BCUT2D eigenvalue weighted by Crippen LogP contribution is 2.26. The Labute approximate surface area is 186 Å². The summed E-state index contributed by atoms with van der Waals surface area (Å²) in [5, 5.41) is 32.0. The molecule has 0 aliphatic carbocycles. The van der Waals surface area contributed by atoms with E-state index in [1.807, 2.05) is 0 Å². The van der Waals surface area contributed by atoms with Gasteiger partial charge in [-0.05, 0) is 41.5 Å². The van der Waals surface area contributed by atoms with Crippen molar-refractivity contribution in [2.45, 2.75) is 0 Å². The predicted octanol–water partition coefficient (Wildman–Crippen LogP) is 5.44. The van der Waals surface area contributed by atoms with Crippen LogP contribution in [0.3, 0.4) is 0 Å². The summed E-state index contributed by atoms with van der Waals surface area (Å²) in [6, 6.07) is 17.6. The van der Waals surface area contributed by atoms with E-state index in [9.17, 15) is 30.3 Å². The molecule has 158 valence electrons. The lowest BCUT2D eigenvalue weighted by Crippen LogP contribution is -2.09. The molecule has 0 bridgehead atoms. The molecule has 0 heterocycles. The highest BCUT2D eigenvalue weighted by Gasteiger charge is 2.21. The molecule has 0 radical (unpaired) electrons. The first kappa shape index (κ1) is 22.1. The monoisotopic (exact) mass is 449 g/mol. The molecule has 0 fully saturated rings. The van der Waals surface area contributed by atoms with Crippen molar-refractivity contribution in [2.75, 3.05) is 0 Å². The molecule has 0 N–H and O–H groups in total. The molecule has 3 aromatic carbocycles. The lowest BCUT2D eigenvalue weighted by atomic mass is 10.0. The molecule has 32 heavy (non-hydrogen) atoms. The van der Waals surface area contributed by atoms with Gasteiger partial charge in [0.1, 0.15) is 5.75 Å². The fourth-order valence-corrected chi connectivity index (χ4v) is 2.95. The Bertz CT molecular complexity index is 1280. The zero-order valence-electron chi connectivity index (χ0n) is 16.1. The first-order valence-electron chi connectivity index (χ1n) is 8.90. The highest BCUT2D eigenvalue weighted by molar-refractivity contribution is 6.30. The number of nitro groups is 2. The highest BCUT2D eigenvalue weighted by atomic mass is 35.5. The van der Waals surface area contributed by atoms with Gasteiger partial charge in [-0.2, -0.15) is 5.26 Å². The van der Waals surface area contributed by atoms with Crippen molar-refractivity contribution < 1.29 is 19.4 Å². The summed E-state index contributed by atoms with van der Waals surface area (Å²) in [7, 11) is 0. The van der Waals surface area contributed by atoms with Gasteiger partial charge in [0.15, 0.2) is 0 Å². The largest absolute Gasteiger partial charge is 0.423 e. The molecule has 0 saturated carbocycles. The van der Waals surface area contributed by atoms with Gasteiger partial charge >= 0.3 is 5.97 Å². The summed E-state index contributed by atoms with van der Waals surface area (Å²) < 4.78 is 5.23.